The minimum atomic E-state index is -0.0998. The molecule has 1 aromatic heterocycles. The Morgan fingerprint density at radius 1 is 1.17 bits per heavy atom. The summed E-state index contributed by atoms with van der Waals surface area (Å²) in [6, 6.07) is 9.71. The minimum absolute atomic E-state index is 0.0998. The third-order valence-corrected chi connectivity index (χ3v) is 3.61. The number of rotatable bonds is 4. The molecular formula is C14H17N3O. The van der Waals surface area contributed by atoms with Crippen LogP contribution in [0.15, 0.2) is 35.1 Å². The zero-order valence-corrected chi connectivity index (χ0v) is 10.2. The lowest BCUT2D eigenvalue weighted by atomic mass is 9.85. The third kappa shape index (κ3) is 2.32. The molecule has 4 nitrogen and oxygen atoms in total. The highest BCUT2D eigenvalue weighted by molar-refractivity contribution is 5.62. The van der Waals surface area contributed by atoms with Gasteiger partial charge in [0.2, 0.25) is 0 Å². The van der Waals surface area contributed by atoms with Crippen LogP contribution in [-0.4, -0.2) is 16.7 Å². The monoisotopic (exact) mass is 243 g/mol. The van der Waals surface area contributed by atoms with E-state index in [0.717, 1.165) is 29.4 Å². The van der Waals surface area contributed by atoms with Crippen LogP contribution in [0.2, 0.25) is 0 Å². The lowest BCUT2D eigenvalue weighted by molar-refractivity contribution is 0.333. The molecule has 3 N–H and O–H groups in total. The number of anilines is 1. The number of hydrogen-bond donors (Lipinski definition) is 3. The molecule has 0 amide bonds. The Morgan fingerprint density at radius 2 is 1.94 bits per heavy atom. The standard InChI is InChI=1S/C14H17N3O/c18-14-8-13(16-17-14)11-4-6-12(7-5-11)15-9-10-2-1-3-10/h4-8,10,15H,1-3,9H2,(H2,16,17,18). The number of benzene rings is 1. The Kier molecular flexibility index (Phi) is 2.92. The Balaban J connectivity index is 1.66. The molecule has 1 aliphatic carbocycles. The molecule has 0 bridgehead atoms. The molecule has 0 radical (unpaired) electrons. The summed E-state index contributed by atoms with van der Waals surface area (Å²) >= 11 is 0. The van der Waals surface area contributed by atoms with Gasteiger partial charge in [-0.25, -0.2) is 0 Å². The predicted molar refractivity (Wildman–Crippen MR) is 72.7 cm³/mol. The minimum Gasteiger partial charge on any atom is -0.385 e. The van der Waals surface area contributed by atoms with E-state index >= 15 is 0 Å². The van der Waals surface area contributed by atoms with Crippen LogP contribution in [0.25, 0.3) is 11.3 Å². The maximum atomic E-state index is 11.0. The van der Waals surface area contributed by atoms with Gasteiger partial charge in [0.05, 0.1) is 5.69 Å². The first kappa shape index (κ1) is 11.1. The molecule has 94 valence electrons. The van der Waals surface area contributed by atoms with Crippen LogP contribution in [0.3, 0.4) is 0 Å². The number of hydrogen-bond acceptors (Lipinski definition) is 2. The van der Waals surface area contributed by atoms with Gasteiger partial charge in [-0.2, -0.15) is 0 Å². The van der Waals surface area contributed by atoms with Crippen LogP contribution in [0.5, 0.6) is 0 Å². The van der Waals surface area contributed by atoms with Gasteiger partial charge in [-0.05, 0) is 36.5 Å². The van der Waals surface area contributed by atoms with Crippen LogP contribution in [0.1, 0.15) is 19.3 Å². The van der Waals surface area contributed by atoms with Crippen molar-refractivity contribution in [2.24, 2.45) is 5.92 Å². The predicted octanol–water partition coefficient (Wildman–Crippen LogP) is 2.58. The first-order valence-electron chi connectivity index (χ1n) is 6.43. The van der Waals surface area contributed by atoms with E-state index in [1.54, 1.807) is 6.07 Å². The Morgan fingerprint density at radius 3 is 2.50 bits per heavy atom. The van der Waals surface area contributed by atoms with Crippen LogP contribution in [0, 0.1) is 5.92 Å². The molecule has 0 aliphatic heterocycles. The molecule has 1 heterocycles. The van der Waals surface area contributed by atoms with Crippen LogP contribution >= 0.6 is 0 Å². The maximum absolute atomic E-state index is 11.0. The van der Waals surface area contributed by atoms with Gasteiger partial charge in [0.1, 0.15) is 0 Å². The van der Waals surface area contributed by atoms with E-state index < -0.39 is 0 Å². The molecule has 4 heteroatoms. The van der Waals surface area contributed by atoms with Crippen molar-refractivity contribution in [2.45, 2.75) is 19.3 Å². The van der Waals surface area contributed by atoms with E-state index in [-0.39, 0.29) is 5.56 Å². The van der Waals surface area contributed by atoms with Gasteiger partial charge in [-0.3, -0.25) is 15.0 Å². The number of aromatic nitrogens is 2. The average Bonchev–Trinajstić information content (AvgIpc) is 2.75. The SMILES string of the molecule is O=c1cc(-c2ccc(NCC3CCC3)cc2)[nH][nH]1. The van der Waals surface area contributed by atoms with Crippen molar-refractivity contribution in [2.75, 3.05) is 11.9 Å². The maximum Gasteiger partial charge on any atom is 0.264 e. The number of nitrogens with one attached hydrogen (secondary N) is 3. The first-order chi connectivity index (χ1) is 8.81. The molecule has 1 fully saturated rings. The largest absolute Gasteiger partial charge is 0.385 e. The molecular weight excluding hydrogens is 226 g/mol. The fourth-order valence-corrected chi connectivity index (χ4v) is 2.21. The normalized spacial score (nSPS) is 15.3. The molecule has 1 aromatic carbocycles. The van der Waals surface area contributed by atoms with E-state index in [9.17, 15) is 4.79 Å². The zero-order chi connectivity index (χ0) is 12.4. The van der Waals surface area contributed by atoms with Gasteiger partial charge in [-0.15, -0.1) is 0 Å². The molecule has 0 atom stereocenters. The summed E-state index contributed by atoms with van der Waals surface area (Å²) in [6.07, 6.45) is 4.09. The zero-order valence-electron chi connectivity index (χ0n) is 10.2. The van der Waals surface area contributed by atoms with E-state index in [0.29, 0.717) is 0 Å². The molecule has 0 unspecified atom stereocenters. The van der Waals surface area contributed by atoms with Gasteiger partial charge in [0.25, 0.3) is 5.56 Å². The summed E-state index contributed by atoms with van der Waals surface area (Å²) in [7, 11) is 0. The summed E-state index contributed by atoms with van der Waals surface area (Å²) in [4.78, 5) is 11.0. The molecule has 2 aromatic rings. The molecule has 1 aliphatic rings. The lowest BCUT2D eigenvalue weighted by Gasteiger charge is -2.25. The van der Waals surface area contributed by atoms with E-state index in [1.165, 1.54) is 19.3 Å². The van der Waals surface area contributed by atoms with Crippen LogP contribution in [0.4, 0.5) is 5.69 Å². The molecule has 0 saturated heterocycles. The van der Waals surface area contributed by atoms with Gasteiger partial charge in [0, 0.05) is 18.3 Å². The van der Waals surface area contributed by atoms with E-state index in [4.69, 9.17) is 0 Å². The van der Waals surface area contributed by atoms with Crippen molar-refractivity contribution in [3.63, 3.8) is 0 Å². The van der Waals surface area contributed by atoms with Crippen LogP contribution < -0.4 is 10.9 Å². The summed E-state index contributed by atoms with van der Waals surface area (Å²) in [5, 5.41) is 8.84. The molecule has 3 rings (SSSR count). The smallest absolute Gasteiger partial charge is 0.264 e. The van der Waals surface area contributed by atoms with Crippen LogP contribution in [-0.2, 0) is 0 Å². The number of H-pyrrole nitrogens is 2. The van der Waals surface area contributed by atoms with Gasteiger partial charge in [-0.1, -0.05) is 18.6 Å². The average molecular weight is 243 g/mol. The fraction of sp³-hybridized carbons (Fsp3) is 0.357. The molecule has 18 heavy (non-hydrogen) atoms. The van der Waals surface area contributed by atoms with Crippen molar-refractivity contribution >= 4 is 5.69 Å². The molecule has 0 spiro atoms. The lowest BCUT2D eigenvalue weighted by Crippen LogP contribution is -2.20. The van der Waals surface area contributed by atoms with Gasteiger partial charge in [0.15, 0.2) is 0 Å². The summed E-state index contributed by atoms with van der Waals surface area (Å²) < 4.78 is 0. The topological polar surface area (TPSA) is 60.7 Å². The van der Waals surface area contributed by atoms with Crippen molar-refractivity contribution in [3.05, 3.63) is 40.7 Å². The fourth-order valence-electron chi connectivity index (χ4n) is 2.21. The molecule has 1 saturated carbocycles. The Labute approximate surface area is 105 Å². The van der Waals surface area contributed by atoms with Gasteiger partial charge < -0.3 is 5.32 Å². The second-order valence-corrected chi connectivity index (χ2v) is 4.93. The van der Waals surface area contributed by atoms with E-state index in [1.807, 2.05) is 12.1 Å². The second-order valence-electron chi connectivity index (χ2n) is 4.93. The second kappa shape index (κ2) is 4.72. The highest BCUT2D eigenvalue weighted by Crippen LogP contribution is 2.26. The van der Waals surface area contributed by atoms with Crippen molar-refractivity contribution in [3.8, 4) is 11.3 Å². The summed E-state index contributed by atoms with van der Waals surface area (Å²) in [5.41, 5.74) is 2.88. The van der Waals surface area contributed by atoms with Crippen molar-refractivity contribution < 1.29 is 0 Å². The highest BCUT2D eigenvalue weighted by Gasteiger charge is 2.16. The Bertz CT molecular complexity index is 563. The third-order valence-electron chi connectivity index (χ3n) is 3.61. The highest BCUT2D eigenvalue weighted by atomic mass is 16.1. The first-order valence-corrected chi connectivity index (χ1v) is 6.43. The van der Waals surface area contributed by atoms with Crippen molar-refractivity contribution in [1.29, 1.82) is 0 Å². The quantitative estimate of drug-likeness (QED) is 0.773. The summed E-state index contributed by atoms with van der Waals surface area (Å²) in [5.74, 6) is 0.853. The Hall–Kier alpha value is -1.97. The number of aromatic amines is 2. The summed E-state index contributed by atoms with van der Waals surface area (Å²) in [6.45, 7) is 1.07. The van der Waals surface area contributed by atoms with E-state index in [2.05, 4.69) is 27.6 Å². The van der Waals surface area contributed by atoms with Crippen molar-refractivity contribution in [1.82, 2.24) is 10.2 Å². The van der Waals surface area contributed by atoms with Gasteiger partial charge >= 0.3 is 0 Å².